The van der Waals surface area contributed by atoms with Gasteiger partial charge in [0.1, 0.15) is 0 Å². The molecule has 0 aromatic carbocycles. The summed E-state index contributed by atoms with van der Waals surface area (Å²) in [5.41, 5.74) is 0. The molecule has 1 saturated heterocycles. The fourth-order valence-corrected chi connectivity index (χ4v) is 3.53. The molecule has 1 aliphatic heterocycles. The van der Waals surface area contributed by atoms with Gasteiger partial charge >= 0.3 is 5.97 Å². The van der Waals surface area contributed by atoms with Crippen molar-refractivity contribution < 1.29 is 19.8 Å². The molecule has 5 nitrogen and oxygen atoms in total. The van der Waals surface area contributed by atoms with Crippen LogP contribution in [0.5, 0.6) is 0 Å². The van der Waals surface area contributed by atoms with E-state index >= 15 is 0 Å². The summed E-state index contributed by atoms with van der Waals surface area (Å²) in [4.78, 5) is 24.4. The Kier molecular flexibility index (Phi) is 10.4. The fourth-order valence-electron chi connectivity index (χ4n) is 2.65. The Morgan fingerprint density at radius 1 is 1.48 bits per heavy atom. The number of carbonyl (C=O) groups is 2. The smallest absolute Gasteiger partial charge is 0.303 e. The van der Waals surface area contributed by atoms with E-state index < -0.39 is 12.1 Å². The number of thioether (sulfide) groups is 1. The Morgan fingerprint density at radius 3 is 2.92 bits per heavy atom. The lowest BCUT2D eigenvalue weighted by Crippen LogP contribution is -2.34. The number of carboxylic acids is 1. The Hall–Kier alpha value is -1.45. The first kappa shape index (κ1) is 21.6. The summed E-state index contributed by atoms with van der Waals surface area (Å²) < 4.78 is 0. The number of amides is 1. The molecule has 0 radical (unpaired) electrons. The zero-order valence-corrected chi connectivity index (χ0v) is 15.9. The molecular formula is C19H29NO4S. The van der Waals surface area contributed by atoms with Crippen molar-refractivity contribution in [3.63, 3.8) is 0 Å². The molecule has 6 heteroatoms. The second-order valence-electron chi connectivity index (χ2n) is 6.29. The van der Waals surface area contributed by atoms with Gasteiger partial charge in [-0.3, -0.25) is 9.59 Å². The molecule has 0 saturated carbocycles. The number of carbonyl (C=O) groups excluding carboxylic acids is 1. The number of hydrogen-bond donors (Lipinski definition) is 2. The van der Waals surface area contributed by atoms with Crippen LogP contribution < -0.4 is 0 Å². The van der Waals surface area contributed by atoms with Crippen molar-refractivity contribution in [1.82, 2.24) is 4.90 Å². The van der Waals surface area contributed by atoms with Gasteiger partial charge in [-0.2, -0.15) is 11.8 Å². The zero-order valence-electron chi connectivity index (χ0n) is 15.1. The molecular weight excluding hydrogens is 338 g/mol. The number of aliphatic carboxylic acids is 1. The molecule has 1 amide bonds. The Morgan fingerprint density at radius 2 is 2.24 bits per heavy atom. The molecule has 25 heavy (non-hydrogen) atoms. The first-order valence-electron chi connectivity index (χ1n) is 8.80. The lowest BCUT2D eigenvalue weighted by Gasteiger charge is -2.23. The summed E-state index contributed by atoms with van der Waals surface area (Å²) in [6, 6.07) is 0.0474. The number of aliphatic hydroxyl groups is 1. The minimum atomic E-state index is -0.766. The summed E-state index contributed by atoms with van der Waals surface area (Å²) in [7, 11) is 0. The summed E-state index contributed by atoms with van der Waals surface area (Å²) in [6.07, 6.45) is 6.02. The molecule has 2 N–H and O–H groups in total. The van der Waals surface area contributed by atoms with Gasteiger partial charge < -0.3 is 15.1 Å². The third kappa shape index (κ3) is 8.46. The predicted octanol–water partition coefficient (Wildman–Crippen LogP) is 2.54. The molecule has 140 valence electrons. The van der Waals surface area contributed by atoms with E-state index in [1.54, 1.807) is 24.8 Å². The lowest BCUT2D eigenvalue weighted by atomic mass is 10.00. The second kappa shape index (κ2) is 12.0. The molecule has 0 bridgehead atoms. The SMILES string of the molecule is CC#CC[C@H](C)[C@H](O)C=C[C@H]1CCC(=O)N1CCSCCCC(=O)O. The van der Waals surface area contributed by atoms with E-state index in [0.29, 0.717) is 25.8 Å². The number of hydrogen-bond acceptors (Lipinski definition) is 4. The maximum absolute atomic E-state index is 12.0. The van der Waals surface area contributed by atoms with Gasteiger partial charge in [-0.15, -0.1) is 11.8 Å². The minimum Gasteiger partial charge on any atom is -0.481 e. The molecule has 0 aliphatic carbocycles. The minimum absolute atomic E-state index is 0.0474. The van der Waals surface area contributed by atoms with Crippen LogP contribution in [-0.2, 0) is 9.59 Å². The topological polar surface area (TPSA) is 77.8 Å². The summed E-state index contributed by atoms with van der Waals surface area (Å²) in [5, 5.41) is 18.8. The standard InChI is InChI=1S/C19H29NO4S/c1-3-4-6-15(2)17(21)10-8-16-9-11-18(22)20(16)12-14-25-13-5-7-19(23)24/h8,10,15-17,21H,5-7,9,11-14H2,1-2H3,(H,23,24)/t15-,16-,17+/m0/s1. The molecule has 0 aromatic heterocycles. The first-order chi connectivity index (χ1) is 12.0. The van der Waals surface area contributed by atoms with Crippen molar-refractivity contribution in [2.45, 2.75) is 58.1 Å². The average Bonchev–Trinajstić information content (AvgIpc) is 2.93. The van der Waals surface area contributed by atoms with Gasteiger partial charge in [0, 0.05) is 31.6 Å². The van der Waals surface area contributed by atoms with E-state index in [4.69, 9.17) is 5.11 Å². The first-order valence-corrected chi connectivity index (χ1v) is 9.96. The maximum Gasteiger partial charge on any atom is 0.303 e. The van der Waals surface area contributed by atoms with Crippen LogP contribution in [0.15, 0.2) is 12.2 Å². The van der Waals surface area contributed by atoms with Crippen LogP contribution in [0.25, 0.3) is 0 Å². The van der Waals surface area contributed by atoms with E-state index in [1.807, 2.05) is 17.9 Å². The van der Waals surface area contributed by atoms with Gasteiger partial charge in [-0.05, 0) is 31.4 Å². The molecule has 1 fully saturated rings. The monoisotopic (exact) mass is 367 g/mol. The highest BCUT2D eigenvalue weighted by Gasteiger charge is 2.28. The van der Waals surface area contributed by atoms with Gasteiger partial charge in [-0.1, -0.05) is 19.1 Å². The molecule has 3 atom stereocenters. The summed E-state index contributed by atoms with van der Waals surface area (Å²) >= 11 is 1.68. The largest absolute Gasteiger partial charge is 0.481 e. The molecule has 1 heterocycles. The highest BCUT2D eigenvalue weighted by molar-refractivity contribution is 7.99. The van der Waals surface area contributed by atoms with E-state index in [1.165, 1.54) is 0 Å². The van der Waals surface area contributed by atoms with Crippen molar-refractivity contribution in [1.29, 1.82) is 0 Å². The van der Waals surface area contributed by atoms with Crippen LogP contribution in [0.3, 0.4) is 0 Å². The molecule has 1 aliphatic rings. The highest BCUT2D eigenvalue weighted by Crippen LogP contribution is 2.21. The van der Waals surface area contributed by atoms with Crippen LogP contribution in [0.4, 0.5) is 0 Å². The lowest BCUT2D eigenvalue weighted by molar-refractivity contribution is -0.137. The summed E-state index contributed by atoms with van der Waals surface area (Å²) in [6.45, 7) is 4.42. The van der Waals surface area contributed by atoms with Crippen LogP contribution in [0.2, 0.25) is 0 Å². The van der Waals surface area contributed by atoms with Gasteiger partial charge in [0.2, 0.25) is 5.91 Å². The fraction of sp³-hybridized carbons (Fsp3) is 0.684. The Balaban J connectivity index is 2.39. The van der Waals surface area contributed by atoms with E-state index in [2.05, 4.69) is 11.8 Å². The van der Waals surface area contributed by atoms with Gasteiger partial charge in [-0.25, -0.2) is 0 Å². The Labute approximate surface area is 154 Å². The van der Waals surface area contributed by atoms with E-state index in [9.17, 15) is 14.7 Å². The average molecular weight is 368 g/mol. The van der Waals surface area contributed by atoms with Crippen LogP contribution in [0.1, 0.15) is 46.0 Å². The van der Waals surface area contributed by atoms with Crippen molar-refractivity contribution in [3.05, 3.63) is 12.2 Å². The number of nitrogens with zero attached hydrogens (tertiary/aromatic N) is 1. The number of aliphatic hydroxyl groups excluding tert-OH is 1. The van der Waals surface area contributed by atoms with E-state index in [-0.39, 0.29) is 24.3 Å². The number of likely N-dealkylation sites (tertiary alicyclic amines) is 1. The molecule has 0 unspecified atom stereocenters. The summed E-state index contributed by atoms with van der Waals surface area (Å²) in [5.74, 6) is 6.87. The van der Waals surface area contributed by atoms with Gasteiger partial charge in [0.05, 0.1) is 12.1 Å². The highest BCUT2D eigenvalue weighted by atomic mass is 32.2. The van der Waals surface area contributed by atoms with Crippen LogP contribution in [-0.4, -0.2) is 57.2 Å². The molecule has 1 rings (SSSR count). The van der Waals surface area contributed by atoms with Crippen molar-refractivity contribution in [2.24, 2.45) is 5.92 Å². The van der Waals surface area contributed by atoms with Gasteiger partial charge in [0.15, 0.2) is 0 Å². The van der Waals surface area contributed by atoms with Crippen molar-refractivity contribution in [3.8, 4) is 11.8 Å². The number of rotatable bonds is 11. The third-order valence-corrected chi connectivity index (χ3v) is 5.29. The normalized spacial score (nSPS) is 19.7. The van der Waals surface area contributed by atoms with E-state index in [0.717, 1.165) is 17.9 Å². The van der Waals surface area contributed by atoms with Crippen molar-refractivity contribution in [2.75, 3.05) is 18.1 Å². The quantitative estimate of drug-likeness (QED) is 0.333. The van der Waals surface area contributed by atoms with Gasteiger partial charge in [0.25, 0.3) is 0 Å². The van der Waals surface area contributed by atoms with Crippen LogP contribution in [0, 0.1) is 17.8 Å². The zero-order chi connectivity index (χ0) is 18.7. The Bertz CT molecular complexity index is 523. The number of carboxylic acid groups (broad SMARTS) is 1. The maximum atomic E-state index is 12.0. The van der Waals surface area contributed by atoms with Crippen LogP contribution >= 0.6 is 11.8 Å². The predicted molar refractivity (Wildman–Crippen MR) is 101 cm³/mol. The molecule has 0 aromatic rings. The molecule has 0 spiro atoms. The second-order valence-corrected chi connectivity index (χ2v) is 7.51. The third-order valence-electron chi connectivity index (χ3n) is 4.24. The van der Waals surface area contributed by atoms with Crippen molar-refractivity contribution >= 4 is 23.6 Å².